The lowest BCUT2D eigenvalue weighted by Crippen LogP contribution is -2.34. The molecular formula is C14H18N4O2. The van der Waals surface area contributed by atoms with Crippen LogP contribution in [0.2, 0.25) is 0 Å². The second kappa shape index (κ2) is 6.72. The van der Waals surface area contributed by atoms with Crippen molar-refractivity contribution in [1.82, 2.24) is 14.9 Å². The van der Waals surface area contributed by atoms with Crippen LogP contribution < -0.4 is 5.73 Å². The number of nitrogen functional groups attached to an aromatic ring is 1. The zero-order valence-corrected chi connectivity index (χ0v) is 11.4. The third kappa shape index (κ3) is 3.58. The van der Waals surface area contributed by atoms with Gasteiger partial charge in [-0.1, -0.05) is 6.07 Å². The molecule has 0 saturated heterocycles. The molecule has 106 valence electrons. The molecule has 0 bridgehead atoms. The monoisotopic (exact) mass is 274 g/mol. The number of hydrogen-bond donors (Lipinski definition) is 2. The summed E-state index contributed by atoms with van der Waals surface area (Å²) in [5.41, 5.74) is 7.47. The Morgan fingerprint density at radius 3 is 2.95 bits per heavy atom. The molecule has 0 unspecified atom stereocenters. The third-order valence-corrected chi connectivity index (χ3v) is 2.87. The number of rotatable bonds is 6. The van der Waals surface area contributed by atoms with E-state index in [0.717, 1.165) is 5.69 Å². The average Bonchev–Trinajstić information content (AvgIpc) is 2.90. The maximum atomic E-state index is 12.4. The van der Waals surface area contributed by atoms with Gasteiger partial charge in [0.2, 0.25) is 0 Å². The fraction of sp³-hybridized carbons (Fsp3) is 0.286. The summed E-state index contributed by atoms with van der Waals surface area (Å²) < 4.78 is 5.05. The van der Waals surface area contributed by atoms with Crippen molar-refractivity contribution in [3.63, 3.8) is 0 Å². The van der Waals surface area contributed by atoms with E-state index in [1.165, 1.54) is 0 Å². The van der Waals surface area contributed by atoms with Gasteiger partial charge in [0.05, 0.1) is 18.8 Å². The zero-order chi connectivity index (χ0) is 14.4. The molecule has 2 aromatic rings. The topological polar surface area (TPSA) is 84.2 Å². The van der Waals surface area contributed by atoms with Crippen LogP contribution >= 0.6 is 0 Å². The maximum Gasteiger partial charge on any atom is 0.270 e. The Kier molecular flexibility index (Phi) is 4.73. The summed E-state index contributed by atoms with van der Waals surface area (Å²) in [6.45, 7) is 1.39. The van der Waals surface area contributed by atoms with Gasteiger partial charge in [-0.15, -0.1) is 0 Å². The van der Waals surface area contributed by atoms with Gasteiger partial charge in [-0.2, -0.15) is 0 Å². The maximum absolute atomic E-state index is 12.4. The largest absolute Gasteiger partial charge is 0.397 e. The number of carbonyl (C=O) groups excluding carboxylic acids is 1. The number of ether oxygens (including phenoxy) is 1. The minimum atomic E-state index is -0.121. The predicted octanol–water partition coefficient (Wildman–Crippen LogP) is 1.28. The fourth-order valence-corrected chi connectivity index (χ4v) is 1.85. The highest BCUT2D eigenvalue weighted by Crippen LogP contribution is 2.10. The van der Waals surface area contributed by atoms with E-state index in [4.69, 9.17) is 10.5 Å². The van der Waals surface area contributed by atoms with E-state index in [-0.39, 0.29) is 5.91 Å². The fourth-order valence-electron chi connectivity index (χ4n) is 1.85. The van der Waals surface area contributed by atoms with E-state index in [9.17, 15) is 4.79 Å². The number of nitrogens with one attached hydrogen (secondary N) is 1. The summed E-state index contributed by atoms with van der Waals surface area (Å²) in [5.74, 6) is -0.121. The van der Waals surface area contributed by atoms with Crippen LogP contribution in [0.15, 0.2) is 36.7 Å². The number of hydrogen-bond acceptors (Lipinski definition) is 4. The Hall–Kier alpha value is -2.34. The average molecular weight is 274 g/mol. The molecule has 20 heavy (non-hydrogen) atoms. The molecule has 0 fully saturated rings. The SMILES string of the molecule is COCCN(Cc1ccccn1)C(=O)c1cc(N)c[nH]1. The first-order chi connectivity index (χ1) is 9.70. The molecule has 6 heteroatoms. The molecule has 2 rings (SSSR count). The minimum Gasteiger partial charge on any atom is -0.397 e. The number of pyridine rings is 1. The molecule has 0 aliphatic rings. The van der Waals surface area contributed by atoms with Crippen molar-refractivity contribution in [2.45, 2.75) is 6.54 Å². The lowest BCUT2D eigenvalue weighted by molar-refractivity contribution is 0.0673. The summed E-state index contributed by atoms with van der Waals surface area (Å²) in [4.78, 5) is 21.2. The standard InChI is InChI=1S/C14H18N4O2/c1-20-7-6-18(10-12-4-2-3-5-16-12)14(19)13-8-11(15)9-17-13/h2-5,8-9,17H,6-7,10,15H2,1H3. The number of anilines is 1. The summed E-state index contributed by atoms with van der Waals surface area (Å²) >= 11 is 0. The highest BCUT2D eigenvalue weighted by molar-refractivity contribution is 5.93. The Balaban J connectivity index is 2.12. The number of aromatic nitrogens is 2. The smallest absolute Gasteiger partial charge is 0.270 e. The molecule has 2 heterocycles. The van der Waals surface area contributed by atoms with Gasteiger partial charge in [-0.3, -0.25) is 9.78 Å². The van der Waals surface area contributed by atoms with Crippen LogP contribution in [-0.2, 0) is 11.3 Å². The number of carbonyl (C=O) groups is 1. The van der Waals surface area contributed by atoms with E-state index in [2.05, 4.69) is 9.97 Å². The summed E-state index contributed by atoms with van der Waals surface area (Å²) in [7, 11) is 1.61. The lowest BCUT2D eigenvalue weighted by atomic mass is 10.3. The van der Waals surface area contributed by atoms with Crippen LogP contribution in [0, 0.1) is 0 Å². The highest BCUT2D eigenvalue weighted by atomic mass is 16.5. The number of methoxy groups -OCH3 is 1. The first-order valence-corrected chi connectivity index (χ1v) is 6.32. The molecule has 3 N–H and O–H groups in total. The third-order valence-electron chi connectivity index (χ3n) is 2.87. The second-order valence-corrected chi connectivity index (χ2v) is 4.39. The molecule has 1 amide bonds. The molecule has 0 radical (unpaired) electrons. The van der Waals surface area contributed by atoms with Gasteiger partial charge in [0.25, 0.3) is 5.91 Å². The summed E-state index contributed by atoms with van der Waals surface area (Å²) in [5, 5.41) is 0. The van der Waals surface area contributed by atoms with Gasteiger partial charge in [0.1, 0.15) is 5.69 Å². The van der Waals surface area contributed by atoms with Crippen LogP contribution in [0.5, 0.6) is 0 Å². The zero-order valence-electron chi connectivity index (χ0n) is 11.4. The molecule has 0 saturated carbocycles. The van der Waals surface area contributed by atoms with E-state index < -0.39 is 0 Å². The van der Waals surface area contributed by atoms with Crippen LogP contribution in [-0.4, -0.2) is 41.0 Å². The van der Waals surface area contributed by atoms with Crippen molar-refractivity contribution in [1.29, 1.82) is 0 Å². The van der Waals surface area contributed by atoms with Crippen molar-refractivity contribution < 1.29 is 9.53 Å². The minimum absolute atomic E-state index is 0.121. The van der Waals surface area contributed by atoms with Gasteiger partial charge in [-0.25, -0.2) is 0 Å². The Bertz CT molecular complexity index is 553. The Morgan fingerprint density at radius 2 is 2.35 bits per heavy atom. The predicted molar refractivity (Wildman–Crippen MR) is 76.1 cm³/mol. The normalized spacial score (nSPS) is 10.4. The van der Waals surface area contributed by atoms with Crippen LogP contribution in [0.25, 0.3) is 0 Å². The first kappa shape index (κ1) is 14.1. The van der Waals surface area contributed by atoms with Gasteiger partial charge in [0, 0.05) is 31.7 Å². The number of aromatic amines is 1. The second-order valence-electron chi connectivity index (χ2n) is 4.39. The molecule has 0 aromatic carbocycles. The number of nitrogens with zero attached hydrogens (tertiary/aromatic N) is 2. The number of H-pyrrole nitrogens is 1. The molecule has 2 aromatic heterocycles. The number of amides is 1. The molecule has 0 aliphatic heterocycles. The summed E-state index contributed by atoms with van der Waals surface area (Å²) in [6, 6.07) is 7.25. The first-order valence-electron chi connectivity index (χ1n) is 6.32. The number of nitrogens with two attached hydrogens (primary N) is 1. The van der Waals surface area contributed by atoms with E-state index in [1.54, 1.807) is 30.5 Å². The van der Waals surface area contributed by atoms with Gasteiger partial charge < -0.3 is 20.4 Å². The van der Waals surface area contributed by atoms with E-state index in [0.29, 0.717) is 31.1 Å². The van der Waals surface area contributed by atoms with Gasteiger partial charge >= 0.3 is 0 Å². The molecule has 0 aliphatic carbocycles. The van der Waals surface area contributed by atoms with E-state index >= 15 is 0 Å². The molecular weight excluding hydrogens is 256 g/mol. The molecule has 0 spiro atoms. The van der Waals surface area contributed by atoms with Crippen LogP contribution in [0.4, 0.5) is 5.69 Å². The lowest BCUT2D eigenvalue weighted by Gasteiger charge is -2.21. The van der Waals surface area contributed by atoms with Crippen molar-refractivity contribution in [3.8, 4) is 0 Å². The van der Waals surface area contributed by atoms with E-state index in [1.807, 2.05) is 18.2 Å². The van der Waals surface area contributed by atoms with Gasteiger partial charge in [-0.05, 0) is 18.2 Å². The van der Waals surface area contributed by atoms with Crippen LogP contribution in [0.1, 0.15) is 16.2 Å². The molecule has 0 atom stereocenters. The quantitative estimate of drug-likeness (QED) is 0.831. The van der Waals surface area contributed by atoms with Gasteiger partial charge in [0.15, 0.2) is 0 Å². The Labute approximate surface area is 117 Å². The molecule has 6 nitrogen and oxygen atoms in total. The van der Waals surface area contributed by atoms with Crippen molar-refractivity contribution >= 4 is 11.6 Å². The van der Waals surface area contributed by atoms with Crippen LogP contribution in [0.3, 0.4) is 0 Å². The van der Waals surface area contributed by atoms with Crippen molar-refractivity contribution in [3.05, 3.63) is 48.0 Å². The Morgan fingerprint density at radius 1 is 1.50 bits per heavy atom. The van der Waals surface area contributed by atoms with Crippen molar-refractivity contribution in [2.75, 3.05) is 26.0 Å². The highest BCUT2D eigenvalue weighted by Gasteiger charge is 2.17. The summed E-state index contributed by atoms with van der Waals surface area (Å²) in [6.07, 6.45) is 3.31. The van der Waals surface area contributed by atoms with Crippen molar-refractivity contribution in [2.24, 2.45) is 0 Å².